The lowest BCUT2D eigenvalue weighted by Gasteiger charge is -2.09. The van der Waals surface area contributed by atoms with Crippen molar-refractivity contribution in [2.45, 2.75) is 4.90 Å². The average molecular weight is 314 g/mol. The molecule has 0 amide bonds. The molecule has 0 unspecified atom stereocenters. The summed E-state index contributed by atoms with van der Waals surface area (Å²) in [5, 5.41) is 16.9. The van der Waals surface area contributed by atoms with Crippen molar-refractivity contribution in [3.05, 3.63) is 27.7 Å². The summed E-state index contributed by atoms with van der Waals surface area (Å²) in [4.78, 5) is 10.4. The Morgan fingerprint density at radius 2 is 1.94 bits per heavy atom. The molecule has 0 aliphatic carbocycles. The fraction of sp³-hybridized carbons (Fsp3) is 0.222. The van der Waals surface area contributed by atoms with Gasteiger partial charge in [0.25, 0.3) is 0 Å². The van der Waals surface area contributed by atoms with Crippen molar-refractivity contribution >= 4 is 39.2 Å². The Kier molecular flexibility index (Phi) is 4.94. The number of benzene rings is 1. The smallest absolute Gasteiger partial charge is 0.337 e. The van der Waals surface area contributed by atoms with E-state index in [0.29, 0.717) is 0 Å². The summed E-state index contributed by atoms with van der Waals surface area (Å²) in [6, 6.07) is 2.09. The molecular weight excluding hydrogens is 305 g/mol. The van der Waals surface area contributed by atoms with Gasteiger partial charge in [0.2, 0.25) is 10.0 Å². The van der Waals surface area contributed by atoms with Crippen LogP contribution >= 0.6 is 23.2 Å². The summed E-state index contributed by atoms with van der Waals surface area (Å²) in [5.74, 6) is -1.39. The number of nitrogens with one attached hydrogen (secondary N) is 1. The molecule has 0 spiro atoms. The highest BCUT2D eigenvalue weighted by Gasteiger charge is 2.23. The molecule has 0 aliphatic rings. The minimum Gasteiger partial charge on any atom is -0.478 e. The average Bonchev–Trinajstić information content (AvgIpc) is 2.28. The molecule has 0 aromatic heterocycles. The zero-order chi connectivity index (χ0) is 13.9. The minimum absolute atomic E-state index is 0.0684. The van der Waals surface area contributed by atoms with Gasteiger partial charge in [-0.2, -0.15) is 0 Å². The van der Waals surface area contributed by atoms with Crippen LogP contribution in [0.1, 0.15) is 10.4 Å². The van der Waals surface area contributed by atoms with Crippen LogP contribution in [0.3, 0.4) is 0 Å². The van der Waals surface area contributed by atoms with Crippen LogP contribution in [0.2, 0.25) is 10.0 Å². The Morgan fingerprint density at radius 1 is 1.33 bits per heavy atom. The van der Waals surface area contributed by atoms with Gasteiger partial charge in [-0.25, -0.2) is 17.9 Å². The predicted octanol–water partition coefficient (Wildman–Crippen LogP) is 0.962. The van der Waals surface area contributed by atoms with E-state index in [4.69, 9.17) is 33.4 Å². The summed E-state index contributed by atoms with van der Waals surface area (Å²) < 4.78 is 25.6. The fourth-order valence-electron chi connectivity index (χ4n) is 1.17. The summed E-state index contributed by atoms with van der Waals surface area (Å²) in [6.45, 7) is -0.614. The normalized spacial score (nSPS) is 11.5. The minimum atomic E-state index is -4.02. The van der Waals surface area contributed by atoms with Crippen molar-refractivity contribution in [3.63, 3.8) is 0 Å². The van der Waals surface area contributed by atoms with Crippen LogP contribution in [0, 0.1) is 0 Å². The lowest BCUT2D eigenvalue weighted by molar-refractivity contribution is 0.0697. The van der Waals surface area contributed by atoms with Crippen LogP contribution in [0.5, 0.6) is 0 Å². The lowest BCUT2D eigenvalue weighted by atomic mass is 10.2. The van der Waals surface area contributed by atoms with Gasteiger partial charge in [0.05, 0.1) is 17.2 Å². The fourth-order valence-corrected chi connectivity index (χ4v) is 3.09. The molecule has 18 heavy (non-hydrogen) atoms. The number of hydrogen-bond acceptors (Lipinski definition) is 4. The van der Waals surface area contributed by atoms with E-state index in [1.54, 1.807) is 0 Å². The molecule has 100 valence electrons. The first-order valence-corrected chi connectivity index (χ1v) is 6.86. The summed E-state index contributed by atoms with van der Waals surface area (Å²) in [5.41, 5.74) is -0.409. The molecule has 1 rings (SSSR count). The van der Waals surface area contributed by atoms with Gasteiger partial charge < -0.3 is 10.2 Å². The Hall–Kier alpha value is -0.860. The first kappa shape index (κ1) is 15.2. The molecule has 0 aliphatic heterocycles. The maximum Gasteiger partial charge on any atom is 0.337 e. The summed E-state index contributed by atoms with van der Waals surface area (Å²) in [6.07, 6.45) is 0. The standard InChI is InChI=1S/C9H9Cl2NO5S/c10-5-3-6(9(14)15)8(11)7(4-5)18(16,17)12-1-2-13/h3-4,12-13H,1-2H2,(H,14,15). The first-order chi connectivity index (χ1) is 8.29. The SMILES string of the molecule is O=C(O)c1cc(Cl)cc(S(=O)(=O)NCCO)c1Cl. The molecule has 0 fully saturated rings. The molecule has 3 N–H and O–H groups in total. The van der Waals surface area contributed by atoms with Gasteiger partial charge in [-0.3, -0.25) is 0 Å². The number of carboxylic acids is 1. The van der Waals surface area contributed by atoms with Crippen LogP contribution in [-0.4, -0.2) is 37.8 Å². The summed E-state index contributed by atoms with van der Waals surface area (Å²) >= 11 is 11.4. The number of rotatable bonds is 5. The monoisotopic (exact) mass is 313 g/mol. The Bertz CT molecular complexity index is 573. The second kappa shape index (κ2) is 5.85. The number of aromatic carboxylic acids is 1. The van der Waals surface area contributed by atoms with E-state index in [9.17, 15) is 13.2 Å². The third kappa shape index (κ3) is 3.33. The van der Waals surface area contributed by atoms with E-state index in [0.717, 1.165) is 12.1 Å². The second-order valence-electron chi connectivity index (χ2n) is 3.19. The first-order valence-electron chi connectivity index (χ1n) is 4.62. The Balaban J connectivity index is 3.37. The Morgan fingerprint density at radius 3 is 2.44 bits per heavy atom. The van der Waals surface area contributed by atoms with Crippen molar-refractivity contribution in [1.82, 2.24) is 4.72 Å². The van der Waals surface area contributed by atoms with Crippen LogP contribution < -0.4 is 4.72 Å². The molecule has 0 atom stereocenters. The van der Waals surface area contributed by atoms with Crippen LogP contribution in [0.4, 0.5) is 0 Å². The number of hydrogen-bond donors (Lipinski definition) is 3. The number of carbonyl (C=O) groups is 1. The van der Waals surface area contributed by atoms with Crippen molar-refractivity contribution in [2.24, 2.45) is 0 Å². The van der Waals surface area contributed by atoms with E-state index in [-0.39, 0.29) is 11.6 Å². The third-order valence-corrected chi connectivity index (χ3v) is 4.15. The molecule has 1 aromatic carbocycles. The Labute approximate surface area is 113 Å². The highest BCUT2D eigenvalue weighted by atomic mass is 35.5. The number of aliphatic hydroxyl groups is 1. The van der Waals surface area contributed by atoms with E-state index < -0.39 is 38.1 Å². The van der Waals surface area contributed by atoms with Crippen molar-refractivity contribution < 1.29 is 23.4 Å². The van der Waals surface area contributed by atoms with Crippen molar-refractivity contribution in [3.8, 4) is 0 Å². The molecule has 9 heteroatoms. The zero-order valence-corrected chi connectivity index (χ0v) is 11.2. The largest absolute Gasteiger partial charge is 0.478 e. The number of halogens is 2. The second-order valence-corrected chi connectivity index (χ2v) is 5.74. The molecule has 6 nitrogen and oxygen atoms in total. The molecule has 0 saturated carbocycles. The van der Waals surface area contributed by atoms with E-state index in [2.05, 4.69) is 0 Å². The maximum atomic E-state index is 11.8. The number of carboxylic acid groups (broad SMARTS) is 1. The molecule has 0 radical (unpaired) electrons. The van der Waals surface area contributed by atoms with Crippen LogP contribution in [0.25, 0.3) is 0 Å². The highest BCUT2D eigenvalue weighted by molar-refractivity contribution is 7.89. The molecule has 0 saturated heterocycles. The molecule has 1 aromatic rings. The van der Waals surface area contributed by atoms with Gasteiger partial charge in [0.1, 0.15) is 4.90 Å². The van der Waals surface area contributed by atoms with Gasteiger partial charge in [-0.15, -0.1) is 0 Å². The van der Waals surface area contributed by atoms with E-state index >= 15 is 0 Å². The van der Waals surface area contributed by atoms with Crippen molar-refractivity contribution in [1.29, 1.82) is 0 Å². The van der Waals surface area contributed by atoms with Gasteiger partial charge in [0, 0.05) is 11.6 Å². The quantitative estimate of drug-likeness (QED) is 0.751. The van der Waals surface area contributed by atoms with Gasteiger partial charge in [-0.1, -0.05) is 23.2 Å². The number of sulfonamides is 1. The molecule has 0 heterocycles. The lowest BCUT2D eigenvalue weighted by Crippen LogP contribution is -2.27. The zero-order valence-electron chi connectivity index (χ0n) is 8.85. The predicted molar refractivity (Wildman–Crippen MR) is 65.7 cm³/mol. The summed E-state index contributed by atoms with van der Waals surface area (Å²) in [7, 11) is -4.02. The van der Waals surface area contributed by atoms with Gasteiger partial charge >= 0.3 is 5.97 Å². The van der Waals surface area contributed by atoms with Gasteiger partial charge in [-0.05, 0) is 12.1 Å². The van der Waals surface area contributed by atoms with Crippen LogP contribution in [0.15, 0.2) is 17.0 Å². The van der Waals surface area contributed by atoms with Crippen molar-refractivity contribution in [2.75, 3.05) is 13.2 Å². The van der Waals surface area contributed by atoms with E-state index in [1.165, 1.54) is 0 Å². The maximum absolute atomic E-state index is 11.8. The van der Waals surface area contributed by atoms with Gasteiger partial charge in [0.15, 0.2) is 0 Å². The number of aliphatic hydroxyl groups excluding tert-OH is 1. The topological polar surface area (TPSA) is 104 Å². The molecular formula is C9H9Cl2NO5S. The van der Waals surface area contributed by atoms with E-state index in [1.807, 2.05) is 4.72 Å². The molecule has 0 bridgehead atoms. The third-order valence-electron chi connectivity index (χ3n) is 1.93. The highest BCUT2D eigenvalue weighted by Crippen LogP contribution is 2.29. The van der Waals surface area contributed by atoms with Crippen LogP contribution in [-0.2, 0) is 10.0 Å².